The Hall–Kier alpha value is -2.88. The fourth-order valence-electron chi connectivity index (χ4n) is 4.14. The first-order valence-electron chi connectivity index (χ1n) is 10.0. The Morgan fingerprint density at radius 1 is 1.17 bits per heavy atom. The molecule has 29 heavy (non-hydrogen) atoms. The molecule has 2 unspecified atom stereocenters. The van der Waals surface area contributed by atoms with Crippen molar-refractivity contribution in [2.24, 2.45) is 0 Å². The van der Waals surface area contributed by atoms with Crippen LogP contribution >= 0.6 is 0 Å². The summed E-state index contributed by atoms with van der Waals surface area (Å²) in [5, 5.41) is 21.0. The van der Waals surface area contributed by atoms with Gasteiger partial charge in [-0.05, 0) is 32.4 Å². The van der Waals surface area contributed by atoms with Crippen molar-refractivity contribution >= 4 is 0 Å². The van der Waals surface area contributed by atoms with Gasteiger partial charge in [0, 0.05) is 33.7 Å². The van der Waals surface area contributed by atoms with Crippen LogP contribution < -0.4 is 9.47 Å². The first-order valence-corrected chi connectivity index (χ1v) is 10.0. The molecule has 4 nitrogen and oxygen atoms in total. The van der Waals surface area contributed by atoms with Crippen molar-refractivity contribution < 1.29 is 19.7 Å². The van der Waals surface area contributed by atoms with Crippen LogP contribution in [0.5, 0.6) is 23.0 Å². The molecule has 2 aliphatic rings. The van der Waals surface area contributed by atoms with Crippen LogP contribution in [0.25, 0.3) is 0 Å². The molecular formula is C25H28O4. The van der Waals surface area contributed by atoms with Crippen LogP contribution in [0.4, 0.5) is 0 Å². The molecule has 0 saturated carbocycles. The molecule has 0 aliphatic carbocycles. The number of rotatable bonds is 4. The van der Waals surface area contributed by atoms with E-state index in [0.717, 1.165) is 28.0 Å². The van der Waals surface area contributed by atoms with E-state index in [0.29, 0.717) is 18.8 Å². The van der Waals surface area contributed by atoms with E-state index in [1.807, 2.05) is 45.9 Å². The highest BCUT2D eigenvalue weighted by molar-refractivity contribution is 5.59. The van der Waals surface area contributed by atoms with E-state index >= 15 is 0 Å². The van der Waals surface area contributed by atoms with Gasteiger partial charge in [0.2, 0.25) is 0 Å². The van der Waals surface area contributed by atoms with E-state index < -0.39 is 0 Å². The molecule has 2 aromatic rings. The minimum atomic E-state index is -0.385. The Kier molecular flexibility index (Phi) is 4.60. The molecule has 2 aromatic carbocycles. The lowest BCUT2D eigenvalue weighted by molar-refractivity contribution is 0.138. The zero-order valence-electron chi connectivity index (χ0n) is 17.5. The second-order valence-corrected chi connectivity index (χ2v) is 8.76. The Morgan fingerprint density at radius 2 is 1.93 bits per heavy atom. The van der Waals surface area contributed by atoms with Crippen molar-refractivity contribution in [2.75, 3.05) is 6.61 Å². The van der Waals surface area contributed by atoms with Gasteiger partial charge in [0.25, 0.3) is 0 Å². The Morgan fingerprint density at radius 3 is 2.62 bits per heavy atom. The molecule has 4 heteroatoms. The first-order chi connectivity index (χ1) is 13.7. The Bertz CT molecular complexity index is 1010. The monoisotopic (exact) mass is 392 g/mol. The largest absolute Gasteiger partial charge is 0.508 e. The van der Waals surface area contributed by atoms with Gasteiger partial charge in [0.1, 0.15) is 29.1 Å². The number of phenols is 2. The molecule has 0 amide bonds. The highest BCUT2D eigenvalue weighted by Crippen LogP contribution is 2.54. The summed E-state index contributed by atoms with van der Waals surface area (Å²) < 4.78 is 12.5. The number of ether oxygens (including phenoxy) is 2. The summed E-state index contributed by atoms with van der Waals surface area (Å²) in [4.78, 5) is 0. The highest BCUT2D eigenvalue weighted by atomic mass is 16.5. The van der Waals surface area contributed by atoms with E-state index in [9.17, 15) is 10.2 Å². The predicted molar refractivity (Wildman–Crippen MR) is 114 cm³/mol. The van der Waals surface area contributed by atoms with Crippen molar-refractivity contribution in [3.05, 3.63) is 70.8 Å². The lowest BCUT2D eigenvalue weighted by atomic mass is 9.81. The number of benzene rings is 2. The van der Waals surface area contributed by atoms with Gasteiger partial charge >= 0.3 is 0 Å². The summed E-state index contributed by atoms with van der Waals surface area (Å²) in [5.74, 6) is 1.90. The van der Waals surface area contributed by atoms with Crippen molar-refractivity contribution in [3.8, 4) is 23.0 Å². The Balaban J connectivity index is 1.80. The molecule has 4 rings (SSSR count). The summed E-state index contributed by atoms with van der Waals surface area (Å²) in [6.45, 7) is 12.5. The normalized spacial score (nSPS) is 19.3. The van der Waals surface area contributed by atoms with Crippen LogP contribution in [-0.2, 0) is 11.8 Å². The fraction of sp³-hybridized carbons (Fsp3) is 0.360. The van der Waals surface area contributed by atoms with E-state index in [4.69, 9.17) is 9.47 Å². The number of fused-ring (bicyclic) bond motifs is 5. The molecule has 0 fully saturated rings. The van der Waals surface area contributed by atoms with E-state index in [1.165, 1.54) is 5.57 Å². The molecule has 2 heterocycles. The van der Waals surface area contributed by atoms with Crippen molar-refractivity contribution in [3.63, 3.8) is 0 Å². The van der Waals surface area contributed by atoms with Gasteiger partial charge in [-0.2, -0.15) is 0 Å². The molecular weight excluding hydrogens is 364 g/mol. The maximum Gasteiger partial charge on any atom is 0.138 e. The molecule has 0 spiro atoms. The number of aromatic hydroxyl groups is 2. The summed E-state index contributed by atoms with van der Waals surface area (Å²) in [6.07, 6.45) is 4.33. The number of allylic oxidation sites excluding steroid dienone is 3. The van der Waals surface area contributed by atoms with Crippen LogP contribution in [0.15, 0.2) is 48.6 Å². The minimum absolute atomic E-state index is 0.0489. The van der Waals surface area contributed by atoms with Crippen LogP contribution in [0.1, 0.15) is 62.0 Å². The summed E-state index contributed by atoms with van der Waals surface area (Å²) in [5.41, 5.74) is 4.40. The average Bonchev–Trinajstić information content (AvgIpc) is 3.05. The van der Waals surface area contributed by atoms with Gasteiger partial charge in [0.05, 0.1) is 12.5 Å². The fourth-order valence-corrected chi connectivity index (χ4v) is 4.14. The van der Waals surface area contributed by atoms with E-state index in [1.54, 1.807) is 12.1 Å². The summed E-state index contributed by atoms with van der Waals surface area (Å²) in [6, 6.07) is 7.34. The SMILES string of the molecule is C=CC(C)(C)c1cc2c(cc1O)OCC1c3ccc(O)c(CC=C(C)C)c3OC21. The number of hydrogen-bond acceptors (Lipinski definition) is 4. The topological polar surface area (TPSA) is 58.9 Å². The number of hydrogen-bond donors (Lipinski definition) is 2. The Labute approximate surface area is 172 Å². The molecule has 0 saturated heterocycles. The molecule has 2 atom stereocenters. The van der Waals surface area contributed by atoms with Crippen LogP contribution in [0.2, 0.25) is 0 Å². The van der Waals surface area contributed by atoms with Crippen molar-refractivity contribution in [1.29, 1.82) is 0 Å². The third-order valence-corrected chi connectivity index (χ3v) is 6.05. The van der Waals surface area contributed by atoms with Crippen LogP contribution in [-0.4, -0.2) is 16.8 Å². The zero-order chi connectivity index (χ0) is 20.9. The second kappa shape index (κ2) is 6.87. The van der Waals surface area contributed by atoms with Gasteiger partial charge < -0.3 is 19.7 Å². The van der Waals surface area contributed by atoms with Gasteiger partial charge in [0.15, 0.2) is 0 Å². The summed E-state index contributed by atoms with van der Waals surface area (Å²) >= 11 is 0. The predicted octanol–water partition coefficient (Wildman–Crippen LogP) is 5.68. The van der Waals surface area contributed by atoms with Crippen LogP contribution in [0.3, 0.4) is 0 Å². The molecule has 0 bridgehead atoms. The smallest absolute Gasteiger partial charge is 0.138 e. The maximum atomic E-state index is 10.5. The number of phenolic OH excluding ortho intramolecular Hbond substituents is 2. The summed E-state index contributed by atoms with van der Waals surface area (Å²) in [7, 11) is 0. The molecule has 0 aromatic heterocycles. The van der Waals surface area contributed by atoms with Gasteiger partial charge in [-0.3, -0.25) is 0 Å². The first kappa shape index (κ1) is 19.4. The standard InChI is InChI=1S/C25H28O4/c1-6-25(4,5)19-11-17-22(12-21(19)27)28-13-18-15-9-10-20(26)16(8-7-14(2)3)23(15)29-24(17)18/h6-7,9-12,18,24,26-27H,1,8,13H2,2-5H3. The maximum absolute atomic E-state index is 10.5. The van der Waals surface area contributed by atoms with Gasteiger partial charge in [-0.1, -0.05) is 37.6 Å². The highest BCUT2D eigenvalue weighted by Gasteiger charge is 2.43. The third-order valence-electron chi connectivity index (χ3n) is 6.05. The molecule has 2 aliphatic heterocycles. The minimum Gasteiger partial charge on any atom is -0.508 e. The second-order valence-electron chi connectivity index (χ2n) is 8.76. The van der Waals surface area contributed by atoms with Crippen molar-refractivity contribution in [2.45, 2.75) is 51.6 Å². The van der Waals surface area contributed by atoms with E-state index in [-0.39, 0.29) is 28.9 Å². The van der Waals surface area contributed by atoms with E-state index in [2.05, 4.69) is 12.7 Å². The lowest BCUT2D eigenvalue weighted by Gasteiger charge is -2.31. The van der Waals surface area contributed by atoms with Gasteiger partial charge in [-0.25, -0.2) is 0 Å². The quantitative estimate of drug-likeness (QED) is 0.657. The molecule has 0 radical (unpaired) electrons. The molecule has 2 N–H and O–H groups in total. The van der Waals surface area contributed by atoms with Gasteiger partial charge in [-0.15, -0.1) is 6.58 Å². The van der Waals surface area contributed by atoms with Crippen molar-refractivity contribution in [1.82, 2.24) is 0 Å². The third kappa shape index (κ3) is 3.17. The molecule has 152 valence electrons. The zero-order valence-corrected chi connectivity index (χ0v) is 17.5. The van der Waals surface area contributed by atoms with Crippen LogP contribution in [0, 0.1) is 0 Å². The lowest BCUT2D eigenvalue weighted by Crippen LogP contribution is -2.24. The average molecular weight is 392 g/mol.